The van der Waals surface area contributed by atoms with Gasteiger partial charge in [0.15, 0.2) is 5.75 Å². The molecule has 2 aromatic heterocycles. The van der Waals surface area contributed by atoms with Crippen molar-refractivity contribution in [3.05, 3.63) is 52.4 Å². The SMILES string of the molecule is Cc1c(O)c(=O)ccn1-c1nc2ccccc2[nH]1. The molecule has 3 aromatic rings. The monoisotopic (exact) mass is 241 g/mol. The molecule has 0 aliphatic heterocycles. The average Bonchev–Trinajstić information content (AvgIpc) is 2.79. The van der Waals surface area contributed by atoms with Crippen molar-refractivity contribution in [3.63, 3.8) is 0 Å². The Balaban J connectivity index is 2.26. The van der Waals surface area contributed by atoms with Crippen molar-refractivity contribution in [3.8, 4) is 11.7 Å². The van der Waals surface area contributed by atoms with E-state index in [4.69, 9.17) is 0 Å². The second-order valence-corrected chi connectivity index (χ2v) is 4.06. The van der Waals surface area contributed by atoms with E-state index in [2.05, 4.69) is 9.97 Å². The molecular formula is C13H11N3O2. The lowest BCUT2D eigenvalue weighted by Crippen LogP contribution is -2.09. The number of hydrogen-bond donors (Lipinski definition) is 2. The van der Waals surface area contributed by atoms with Crippen LogP contribution in [0.2, 0.25) is 0 Å². The largest absolute Gasteiger partial charge is 0.503 e. The number of fused-ring (bicyclic) bond motifs is 1. The zero-order valence-corrected chi connectivity index (χ0v) is 9.71. The molecule has 18 heavy (non-hydrogen) atoms. The molecule has 90 valence electrons. The van der Waals surface area contributed by atoms with E-state index >= 15 is 0 Å². The molecule has 1 aromatic carbocycles. The predicted molar refractivity (Wildman–Crippen MR) is 68.1 cm³/mol. The zero-order chi connectivity index (χ0) is 12.7. The third kappa shape index (κ3) is 1.48. The molecule has 0 fully saturated rings. The number of hydrogen-bond acceptors (Lipinski definition) is 3. The van der Waals surface area contributed by atoms with E-state index in [1.807, 2.05) is 24.3 Å². The van der Waals surface area contributed by atoms with E-state index in [9.17, 15) is 9.90 Å². The van der Waals surface area contributed by atoms with E-state index in [1.54, 1.807) is 17.7 Å². The third-order valence-corrected chi connectivity index (χ3v) is 2.92. The lowest BCUT2D eigenvalue weighted by atomic mass is 10.3. The van der Waals surface area contributed by atoms with Gasteiger partial charge in [0.05, 0.1) is 16.7 Å². The van der Waals surface area contributed by atoms with Crippen LogP contribution in [0.5, 0.6) is 5.75 Å². The van der Waals surface area contributed by atoms with Crippen LogP contribution in [0.3, 0.4) is 0 Å². The van der Waals surface area contributed by atoms with E-state index < -0.39 is 0 Å². The molecule has 0 aliphatic rings. The topological polar surface area (TPSA) is 70.9 Å². The van der Waals surface area contributed by atoms with E-state index in [1.165, 1.54) is 6.07 Å². The molecule has 0 atom stereocenters. The van der Waals surface area contributed by atoms with Crippen molar-refractivity contribution >= 4 is 11.0 Å². The molecular weight excluding hydrogens is 230 g/mol. The zero-order valence-electron chi connectivity index (χ0n) is 9.71. The smallest absolute Gasteiger partial charge is 0.223 e. The van der Waals surface area contributed by atoms with Crippen LogP contribution in [-0.4, -0.2) is 19.6 Å². The summed E-state index contributed by atoms with van der Waals surface area (Å²) in [5, 5.41) is 9.65. The minimum absolute atomic E-state index is 0.252. The highest BCUT2D eigenvalue weighted by Crippen LogP contribution is 2.17. The van der Waals surface area contributed by atoms with E-state index in [-0.39, 0.29) is 11.2 Å². The fourth-order valence-electron chi connectivity index (χ4n) is 1.91. The summed E-state index contributed by atoms with van der Waals surface area (Å²) in [5.74, 6) is 0.321. The number of aromatic hydroxyl groups is 1. The van der Waals surface area contributed by atoms with Gasteiger partial charge in [-0.2, -0.15) is 0 Å². The van der Waals surface area contributed by atoms with Gasteiger partial charge in [-0.1, -0.05) is 12.1 Å². The highest BCUT2D eigenvalue weighted by atomic mass is 16.3. The lowest BCUT2D eigenvalue weighted by Gasteiger charge is -2.07. The van der Waals surface area contributed by atoms with Gasteiger partial charge in [0.25, 0.3) is 0 Å². The quantitative estimate of drug-likeness (QED) is 0.681. The van der Waals surface area contributed by atoms with Gasteiger partial charge >= 0.3 is 0 Å². The Morgan fingerprint density at radius 2 is 2.06 bits per heavy atom. The summed E-state index contributed by atoms with van der Waals surface area (Å²) in [6, 6.07) is 8.95. The van der Waals surface area contributed by atoms with E-state index in [0.717, 1.165) is 11.0 Å². The molecule has 5 heteroatoms. The number of benzene rings is 1. The van der Waals surface area contributed by atoms with Crippen LogP contribution in [0, 0.1) is 6.92 Å². The summed E-state index contributed by atoms with van der Waals surface area (Å²) in [4.78, 5) is 18.8. The number of H-pyrrole nitrogens is 1. The maximum Gasteiger partial charge on any atom is 0.223 e. The summed E-state index contributed by atoms with van der Waals surface area (Å²) in [7, 11) is 0. The van der Waals surface area contributed by atoms with Crippen LogP contribution >= 0.6 is 0 Å². The first-order chi connectivity index (χ1) is 8.66. The second kappa shape index (κ2) is 3.73. The first-order valence-corrected chi connectivity index (χ1v) is 5.53. The minimum atomic E-state index is -0.389. The number of aromatic amines is 1. The molecule has 0 aliphatic carbocycles. The second-order valence-electron chi connectivity index (χ2n) is 4.06. The average molecular weight is 241 g/mol. The normalized spacial score (nSPS) is 10.9. The van der Waals surface area contributed by atoms with Crippen molar-refractivity contribution in [1.29, 1.82) is 0 Å². The van der Waals surface area contributed by atoms with Crippen molar-refractivity contribution < 1.29 is 5.11 Å². The van der Waals surface area contributed by atoms with Crippen molar-refractivity contribution in [2.45, 2.75) is 6.92 Å². The molecule has 3 rings (SSSR count). The Morgan fingerprint density at radius 1 is 1.28 bits per heavy atom. The highest BCUT2D eigenvalue weighted by Gasteiger charge is 2.09. The number of rotatable bonds is 1. The first-order valence-electron chi connectivity index (χ1n) is 5.53. The van der Waals surface area contributed by atoms with Crippen LogP contribution < -0.4 is 5.43 Å². The minimum Gasteiger partial charge on any atom is -0.503 e. The maximum absolute atomic E-state index is 11.3. The standard InChI is InChI=1S/C13H11N3O2/c1-8-12(18)11(17)6-7-16(8)13-14-9-4-2-3-5-10(9)15-13/h2-7,18H,1H3,(H,14,15). The number of nitrogens with zero attached hydrogens (tertiary/aromatic N) is 2. The van der Waals surface area contributed by atoms with Crippen LogP contribution in [0.4, 0.5) is 0 Å². The summed E-state index contributed by atoms with van der Waals surface area (Å²) < 4.78 is 1.65. The lowest BCUT2D eigenvalue weighted by molar-refractivity contribution is 0.459. The Hall–Kier alpha value is -2.56. The van der Waals surface area contributed by atoms with Crippen LogP contribution in [-0.2, 0) is 0 Å². The van der Waals surface area contributed by atoms with Gasteiger partial charge in [0, 0.05) is 12.3 Å². The van der Waals surface area contributed by atoms with Crippen LogP contribution in [0.15, 0.2) is 41.3 Å². The Kier molecular flexibility index (Phi) is 2.19. The Morgan fingerprint density at radius 3 is 2.83 bits per heavy atom. The fraction of sp³-hybridized carbons (Fsp3) is 0.0769. The molecule has 0 spiro atoms. The molecule has 2 heterocycles. The van der Waals surface area contributed by atoms with Gasteiger partial charge in [-0.3, -0.25) is 9.36 Å². The van der Waals surface area contributed by atoms with Gasteiger partial charge < -0.3 is 10.1 Å². The maximum atomic E-state index is 11.3. The molecule has 0 unspecified atom stereocenters. The number of nitrogens with one attached hydrogen (secondary N) is 1. The van der Waals surface area contributed by atoms with Gasteiger partial charge in [0.1, 0.15) is 0 Å². The molecule has 2 N–H and O–H groups in total. The Labute approximate surface area is 102 Å². The Bertz CT molecular complexity index is 753. The molecule has 0 radical (unpaired) electrons. The number of para-hydroxylation sites is 2. The van der Waals surface area contributed by atoms with Crippen molar-refractivity contribution in [2.75, 3.05) is 0 Å². The fourth-order valence-corrected chi connectivity index (χ4v) is 1.91. The van der Waals surface area contributed by atoms with Gasteiger partial charge in [0.2, 0.25) is 11.4 Å². The van der Waals surface area contributed by atoms with Crippen LogP contribution in [0.25, 0.3) is 17.0 Å². The van der Waals surface area contributed by atoms with Crippen LogP contribution in [0.1, 0.15) is 5.69 Å². The third-order valence-electron chi connectivity index (χ3n) is 2.92. The number of pyridine rings is 1. The number of imidazole rings is 1. The van der Waals surface area contributed by atoms with Gasteiger partial charge in [-0.25, -0.2) is 4.98 Å². The van der Waals surface area contributed by atoms with Crippen molar-refractivity contribution in [1.82, 2.24) is 14.5 Å². The van der Waals surface area contributed by atoms with Crippen molar-refractivity contribution in [2.24, 2.45) is 0 Å². The summed E-state index contributed by atoms with van der Waals surface area (Å²) in [6.45, 7) is 1.67. The predicted octanol–water partition coefficient (Wildman–Crippen LogP) is 1.73. The molecule has 0 saturated carbocycles. The summed E-state index contributed by atoms with van der Waals surface area (Å²) in [6.07, 6.45) is 1.59. The van der Waals surface area contributed by atoms with Gasteiger partial charge in [-0.15, -0.1) is 0 Å². The van der Waals surface area contributed by atoms with E-state index in [0.29, 0.717) is 11.6 Å². The van der Waals surface area contributed by atoms with Gasteiger partial charge in [-0.05, 0) is 19.1 Å². The molecule has 0 bridgehead atoms. The molecule has 0 saturated heterocycles. The molecule has 0 amide bonds. The summed E-state index contributed by atoms with van der Waals surface area (Å²) >= 11 is 0. The highest BCUT2D eigenvalue weighted by molar-refractivity contribution is 5.76. The molecule has 5 nitrogen and oxygen atoms in total. The summed E-state index contributed by atoms with van der Waals surface area (Å²) in [5.41, 5.74) is 1.82. The first kappa shape index (κ1) is 10.6. The number of aromatic nitrogens is 3.